The number of fused-ring (bicyclic) bond motifs is 1. The fraction of sp³-hybridized carbons (Fsp3) is 0.227. The van der Waals surface area contributed by atoms with Gasteiger partial charge in [0.1, 0.15) is 17.4 Å². The molecule has 1 aromatic heterocycles. The summed E-state index contributed by atoms with van der Waals surface area (Å²) in [4.78, 5) is 19.7. The number of nitrogens with zero attached hydrogens (tertiary/aromatic N) is 2. The van der Waals surface area contributed by atoms with Gasteiger partial charge in [-0.2, -0.15) is 5.26 Å². The van der Waals surface area contributed by atoms with Gasteiger partial charge in [-0.05, 0) is 57.2 Å². The number of aromatic amines is 1. The van der Waals surface area contributed by atoms with E-state index >= 15 is 0 Å². The SMILES string of the molecule is CC(C)Oc1ccc(C(=O)O[C@@H](C)/C(O)=C(\C#N)c2nc3ccccc3[nH]2)cc1. The molecule has 29 heavy (non-hydrogen) atoms. The standard InChI is InChI=1S/C22H21N3O4/c1-13(2)28-16-10-8-15(9-11-16)22(27)29-14(3)20(26)17(12-23)21-24-18-6-4-5-7-19(18)25-21/h4-11,13-14,26H,1-3H3,(H,24,25)/b20-17-/t14-/m0/s1. The first kappa shape index (κ1) is 20.0. The van der Waals surface area contributed by atoms with E-state index in [0.29, 0.717) is 16.8 Å². The van der Waals surface area contributed by atoms with Gasteiger partial charge >= 0.3 is 5.97 Å². The van der Waals surface area contributed by atoms with Crippen LogP contribution in [0.1, 0.15) is 37.0 Å². The van der Waals surface area contributed by atoms with Crippen molar-refractivity contribution in [2.45, 2.75) is 33.0 Å². The topological polar surface area (TPSA) is 108 Å². The number of imidazole rings is 1. The maximum atomic E-state index is 12.4. The summed E-state index contributed by atoms with van der Waals surface area (Å²) in [5.74, 6) is -0.144. The molecule has 1 atom stereocenters. The van der Waals surface area contributed by atoms with Gasteiger partial charge in [0.05, 0.1) is 22.7 Å². The molecule has 0 amide bonds. The zero-order chi connectivity index (χ0) is 21.0. The Bertz CT molecular complexity index is 1060. The molecular formula is C22H21N3O4. The maximum Gasteiger partial charge on any atom is 0.338 e. The minimum absolute atomic E-state index is 0.0255. The van der Waals surface area contributed by atoms with Crippen LogP contribution in [0.15, 0.2) is 54.3 Å². The lowest BCUT2D eigenvalue weighted by atomic mass is 10.1. The Morgan fingerprint density at radius 2 is 1.83 bits per heavy atom. The summed E-state index contributed by atoms with van der Waals surface area (Å²) in [5, 5.41) is 20.0. The number of aliphatic hydroxyl groups excluding tert-OH is 1. The van der Waals surface area contributed by atoms with Crippen molar-refractivity contribution in [3.05, 3.63) is 65.7 Å². The van der Waals surface area contributed by atoms with Gasteiger partial charge in [0.25, 0.3) is 0 Å². The third-order valence-corrected chi connectivity index (χ3v) is 4.12. The fourth-order valence-electron chi connectivity index (χ4n) is 2.73. The number of aromatic nitrogens is 2. The molecule has 7 heteroatoms. The van der Waals surface area contributed by atoms with Crippen LogP contribution in [0.2, 0.25) is 0 Å². The molecule has 0 unspecified atom stereocenters. The van der Waals surface area contributed by atoms with E-state index in [9.17, 15) is 15.2 Å². The Balaban J connectivity index is 1.78. The molecule has 0 saturated heterocycles. The molecule has 3 rings (SSSR count). The van der Waals surface area contributed by atoms with Gasteiger partial charge in [0, 0.05) is 0 Å². The predicted molar refractivity (Wildman–Crippen MR) is 108 cm³/mol. The molecule has 2 aromatic carbocycles. The predicted octanol–water partition coefficient (Wildman–Crippen LogP) is 4.39. The highest BCUT2D eigenvalue weighted by Gasteiger charge is 2.22. The first-order valence-electron chi connectivity index (χ1n) is 9.15. The minimum atomic E-state index is -1.03. The molecule has 7 nitrogen and oxygen atoms in total. The van der Waals surface area contributed by atoms with E-state index in [1.807, 2.05) is 38.1 Å². The number of aliphatic hydroxyl groups is 1. The Kier molecular flexibility index (Phi) is 5.84. The number of H-pyrrole nitrogens is 1. The van der Waals surface area contributed by atoms with Crippen LogP contribution in [0.5, 0.6) is 5.75 Å². The summed E-state index contributed by atoms with van der Waals surface area (Å²) < 4.78 is 10.9. The van der Waals surface area contributed by atoms with Crippen molar-refractivity contribution in [3.8, 4) is 11.8 Å². The van der Waals surface area contributed by atoms with Crippen molar-refractivity contribution in [2.75, 3.05) is 0 Å². The highest BCUT2D eigenvalue weighted by atomic mass is 16.6. The van der Waals surface area contributed by atoms with Crippen LogP contribution in [0.25, 0.3) is 16.6 Å². The van der Waals surface area contributed by atoms with Crippen molar-refractivity contribution in [2.24, 2.45) is 0 Å². The van der Waals surface area contributed by atoms with Crippen molar-refractivity contribution in [1.29, 1.82) is 5.26 Å². The van der Waals surface area contributed by atoms with Crippen LogP contribution in [0, 0.1) is 11.3 Å². The molecule has 0 saturated carbocycles. The average Bonchev–Trinajstić information content (AvgIpc) is 3.12. The van der Waals surface area contributed by atoms with Crippen LogP contribution in [0.4, 0.5) is 0 Å². The Hall–Kier alpha value is -3.79. The number of allylic oxidation sites excluding steroid dienone is 1. The summed E-state index contributed by atoms with van der Waals surface area (Å²) >= 11 is 0. The third-order valence-electron chi connectivity index (χ3n) is 4.12. The molecule has 0 radical (unpaired) electrons. The molecule has 3 aromatic rings. The molecule has 1 heterocycles. The zero-order valence-corrected chi connectivity index (χ0v) is 16.3. The van der Waals surface area contributed by atoms with E-state index < -0.39 is 12.1 Å². The molecule has 0 aliphatic heterocycles. The quantitative estimate of drug-likeness (QED) is 0.366. The third kappa shape index (κ3) is 4.55. The number of nitriles is 1. The molecule has 0 aliphatic carbocycles. The van der Waals surface area contributed by atoms with E-state index in [4.69, 9.17) is 9.47 Å². The number of esters is 1. The number of hydrogen-bond acceptors (Lipinski definition) is 6. The first-order valence-corrected chi connectivity index (χ1v) is 9.15. The van der Waals surface area contributed by atoms with Gasteiger partial charge in [-0.15, -0.1) is 0 Å². The molecule has 0 fully saturated rings. The highest BCUT2D eigenvalue weighted by Crippen LogP contribution is 2.22. The molecule has 2 N–H and O–H groups in total. The maximum absolute atomic E-state index is 12.4. The van der Waals surface area contributed by atoms with E-state index in [1.165, 1.54) is 6.92 Å². The number of rotatable bonds is 6. The Morgan fingerprint density at radius 3 is 2.45 bits per heavy atom. The van der Waals surface area contributed by atoms with Crippen molar-refractivity contribution < 1.29 is 19.4 Å². The number of hydrogen-bond donors (Lipinski definition) is 2. The second kappa shape index (κ2) is 8.48. The van der Waals surface area contributed by atoms with Gasteiger partial charge < -0.3 is 19.6 Å². The number of ether oxygens (including phenoxy) is 2. The van der Waals surface area contributed by atoms with Crippen LogP contribution in [0.3, 0.4) is 0 Å². The van der Waals surface area contributed by atoms with Crippen LogP contribution in [-0.4, -0.2) is 33.3 Å². The van der Waals surface area contributed by atoms with E-state index in [2.05, 4.69) is 9.97 Å². The normalized spacial score (nSPS) is 12.9. The van der Waals surface area contributed by atoms with E-state index in [0.717, 1.165) is 5.52 Å². The summed E-state index contributed by atoms with van der Waals surface area (Å²) in [7, 11) is 0. The van der Waals surface area contributed by atoms with E-state index in [-0.39, 0.29) is 23.3 Å². The minimum Gasteiger partial charge on any atom is -0.507 e. The summed E-state index contributed by atoms with van der Waals surface area (Å²) in [6.45, 7) is 5.31. The molecule has 0 bridgehead atoms. The number of benzene rings is 2. The van der Waals surface area contributed by atoms with Crippen molar-refractivity contribution >= 4 is 22.6 Å². The van der Waals surface area contributed by atoms with Gasteiger partial charge in [0.2, 0.25) is 0 Å². The molecular weight excluding hydrogens is 370 g/mol. The lowest BCUT2D eigenvalue weighted by Crippen LogP contribution is -2.18. The summed E-state index contributed by atoms with van der Waals surface area (Å²) in [5.41, 5.74) is 1.62. The fourth-order valence-corrected chi connectivity index (χ4v) is 2.73. The Morgan fingerprint density at radius 1 is 1.14 bits per heavy atom. The lowest BCUT2D eigenvalue weighted by molar-refractivity contribution is 0.0334. The number of carbonyl (C=O) groups excluding carboxylic acids is 1. The smallest absolute Gasteiger partial charge is 0.338 e. The second-order valence-corrected chi connectivity index (χ2v) is 6.71. The number of carbonyl (C=O) groups is 1. The molecule has 148 valence electrons. The zero-order valence-electron chi connectivity index (χ0n) is 16.3. The van der Waals surface area contributed by atoms with Crippen LogP contribution < -0.4 is 4.74 Å². The lowest BCUT2D eigenvalue weighted by Gasteiger charge is -2.14. The monoisotopic (exact) mass is 391 g/mol. The van der Waals surface area contributed by atoms with Gasteiger partial charge in [-0.3, -0.25) is 0 Å². The average molecular weight is 391 g/mol. The van der Waals surface area contributed by atoms with Gasteiger partial charge in [-0.25, -0.2) is 9.78 Å². The van der Waals surface area contributed by atoms with Crippen LogP contribution in [-0.2, 0) is 4.74 Å². The van der Waals surface area contributed by atoms with Crippen LogP contribution >= 0.6 is 0 Å². The summed E-state index contributed by atoms with van der Waals surface area (Å²) in [6, 6.07) is 15.7. The second-order valence-electron chi connectivity index (χ2n) is 6.71. The summed E-state index contributed by atoms with van der Waals surface area (Å²) in [6.07, 6.45) is -1.01. The molecule has 0 spiro atoms. The first-order chi connectivity index (χ1) is 13.9. The molecule has 0 aliphatic rings. The number of para-hydroxylation sites is 2. The highest BCUT2D eigenvalue weighted by molar-refractivity contribution is 5.90. The van der Waals surface area contributed by atoms with Crippen molar-refractivity contribution in [3.63, 3.8) is 0 Å². The van der Waals surface area contributed by atoms with Gasteiger partial charge in [0.15, 0.2) is 17.7 Å². The largest absolute Gasteiger partial charge is 0.507 e. The van der Waals surface area contributed by atoms with Crippen molar-refractivity contribution in [1.82, 2.24) is 9.97 Å². The van der Waals surface area contributed by atoms with Gasteiger partial charge in [-0.1, -0.05) is 12.1 Å². The Labute approximate surface area is 168 Å². The van der Waals surface area contributed by atoms with E-state index in [1.54, 1.807) is 30.3 Å². The number of nitrogens with one attached hydrogen (secondary N) is 1.